The van der Waals surface area contributed by atoms with E-state index in [1.807, 2.05) is 0 Å². The third-order valence-corrected chi connectivity index (χ3v) is 10.1. The summed E-state index contributed by atoms with van der Waals surface area (Å²) in [5.74, 6) is -1.90. The molecule has 0 aromatic rings. The van der Waals surface area contributed by atoms with Crippen molar-refractivity contribution >= 4 is 5.78 Å². The van der Waals surface area contributed by atoms with Gasteiger partial charge in [-0.15, -0.1) is 0 Å². The Morgan fingerprint density at radius 2 is 1.81 bits per heavy atom. The van der Waals surface area contributed by atoms with Gasteiger partial charge < -0.3 is 15.3 Å². The van der Waals surface area contributed by atoms with E-state index in [1.165, 1.54) is 5.57 Å². The van der Waals surface area contributed by atoms with Crippen LogP contribution in [0.25, 0.3) is 0 Å². The maximum Gasteiger partial charge on any atom is 0.228 e. The van der Waals surface area contributed by atoms with Crippen molar-refractivity contribution < 1.29 is 20.1 Å². The molecule has 8 atom stereocenters. The van der Waals surface area contributed by atoms with Gasteiger partial charge in [-0.3, -0.25) is 4.79 Å². The van der Waals surface area contributed by atoms with Crippen LogP contribution < -0.4 is 0 Å². The highest BCUT2D eigenvalue weighted by molar-refractivity contribution is 5.91. The molecule has 0 radical (unpaired) electrons. The number of fused-ring (bicyclic) bond motifs is 5. The van der Waals surface area contributed by atoms with Crippen LogP contribution in [0.5, 0.6) is 0 Å². The number of carbonyl (C=O) groups is 1. The molecule has 4 nitrogen and oxygen atoms in total. The van der Waals surface area contributed by atoms with Crippen LogP contribution in [0.2, 0.25) is 0 Å². The van der Waals surface area contributed by atoms with E-state index in [0.29, 0.717) is 11.8 Å². The number of aliphatic hydroxyl groups is 3. The second-order valence-electron chi connectivity index (χ2n) is 12.4. The summed E-state index contributed by atoms with van der Waals surface area (Å²) in [6.07, 6.45) is 10.5. The van der Waals surface area contributed by atoms with Crippen LogP contribution in [0.3, 0.4) is 0 Å². The highest BCUT2D eigenvalue weighted by Gasteiger charge is 2.71. The lowest BCUT2D eigenvalue weighted by molar-refractivity contribution is -0.223. The van der Waals surface area contributed by atoms with Crippen LogP contribution in [0.4, 0.5) is 0 Å². The van der Waals surface area contributed by atoms with Gasteiger partial charge in [-0.1, -0.05) is 59.1 Å². The molecule has 3 N–H and O–H groups in total. The summed E-state index contributed by atoms with van der Waals surface area (Å²) >= 11 is 0. The van der Waals surface area contributed by atoms with Crippen LogP contribution in [-0.4, -0.2) is 33.0 Å². The van der Waals surface area contributed by atoms with Gasteiger partial charge in [-0.05, 0) is 79.4 Å². The van der Waals surface area contributed by atoms with Gasteiger partial charge in [-0.2, -0.15) is 0 Å². The van der Waals surface area contributed by atoms with Crippen molar-refractivity contribution in [1.82, 2.24) is 0 Å². The Balaban J connectivity index is 1.64. The van der Waals surface area contributed by atoms with E-state index in [1.54, 1.807) is 0 Å². The SMILES string of the molecule is CC(C)CCC[C@@H](C)[C@H]1C(=O)C(O)(O)[C@H]2[C@@H]3CC=C4C[C@@H](O)CC[C@]4(C)[C@H]3CC[C@]12C. The Hall–Kier alpha value is -0.710. The van der Waals surface area contributed by atoms with Gasteiger partial charge in [0, 0.05) is 11.8 Å². The molecular formula is C27H44O4. The second-order valence-corrected chi connectivity index (χ2v) is 12.4. The lowest BCUT2D eigenvalue weighted by Gasteiger charge is -2.58. The molecule has 0 unspecified atom stereocenters. The molecule has 0 aromatic carbocycles. The fraction of sp³-hybridized carbons (Fsp3) is 0.889. The molecule has 3 saturated carbocycles. The Morgan fingerprint density at radius 3 is 2.48 bits per heavy atom. The zero-order valence-electron chi connectivity index (χ0n) is 20.2. The monoisotopic (exact) mass is 432 g/mol. The summed E-state index contributed by atoms with van der Waals surface area (Å²) < 4.78 is 0. The normalized spacial score (nSPS) is 45.0. The van der Waals surface area contributed by atoms with Crippen molar-refractivity contribution in [2.24, 2.45) is 46.3 Å². The third-order valence-electron chi connectivity index (χ3n) is 10.1. The number of rotatable bonds is 5. The first-order valence-electron chi connectivity index (χ1n) is 12.8. The van der Waals surface area contributed by atoms with Gasteiger partial charge in [0.2, 0.25) is 5.79 Å². The quantitative estimate of drug-likeness (QED) is 0.428. The minimum absolute atomic E-state index is 0.0174. The molecule has 4 aliphatic rings. The molecule has 0 aliphatic heterocycles. The Labute approximate surface area is 188 Å². The maximum atomic E-state index is 13.5. The van der Waals surface area contributed by atoms with Gasteiger partial charge in [-0.25, -0.2) is 0 Å². The number of hydrogen-bond acceptors (Lipinski definition) is 4. The van der Waals surface area contributed by atoms with E-state index < -0.39 is 11.7 Å². The first-order chi connectivity index (χ1) is 14.4. The van der Waals surface area contributed by atoms with Crippen LogP contribution >= 0.6 is 0 Å². The minimum atomic E-state index is -2.22. The average molecular weight is 433 g/mol. The van der Waals surface area contributed by atoms with Gasteiger partial charge in [0.25, 0.3) is 0 Å². The second kappa shape index (κ2) is 7.95. The third kappa shape index (κ3) is 3.56. The number of ketones is 1. The van der Waals surface area contributed by atoms with Gasteiger partial charge in [0.05, 0.1) is 6.10 Å². The molecule has 4 heteroatoms. The van der Waals surface area contributed by atoms with Crippen molar-refractivity contribution in [3.63, 3.8) is 0 Å². The summed E-state index contributed by atoms with van der Waals surface area (Å²) in [5, 5.41) is 32.7. The van der Waals surface area contributed by atoms with Crippen molar-refractivity contribution in [2.75, 3.05) is 0 Å². The van der Waals surface area contributed by atoms with Gasteiger partial charge in [0.1, 0.15) is 0 Å². The highest BCUT2D eigenvalue weighted by Crippen LogP contribution is 2.68. The first kappa shape index (κ1) is 23.4. The summed E-state index contributed by atoms with van der Waals surface area (Å²) in [6.45, 7) is 11.1. The predicted molar refractivity (Wildman–Crippen MR) is 122 cm³/mol. The molecule has 0 spiro atoms. The molecule has 3 fully saturated rings. The number of allylic oxidation sites excluding steroid dienone is 1. The van der Waals surface area contributed by atoms with Gasteiger partial charge in [0.15, 0.2) is 5.78 Å². The zero-order chi connectivity index (χ0) is 22.8. The van der Waals surface area contributed by atoms with Crippen LogP contribution in [0.15, 0.2) is 11.6 Å². The van der Waals surface area contributed by atoms with Crippen LogP contribution in [-0.2, 0) is 4.79 Å². The lowest BCUT2D eigenvalue weighted by Crippen LogP contribution is -2.55. The van der Waals surface area contributed by atoms with Gasteiger partial charge >= 0.3 is 0 Å². The topological polar surface area (TPSA) is 77.8 Å². The number of carbonyl (C=O) groups excluding carboxylic acids is 1. The molecule has 0 heterocycles. The fourth-order valence-corrected chi connectivity index (χ4v) is 8.60. The van der Waals surface area contributed by atoms with E-state index in [9.17, 15) is 20.1 Å². The van der Waals surface area contributed by atoms with Crippen LogP contribution in [0, 0.1) is 46.3 Å². The summed E-state index contributed by atoms with van der Waals surface area (Å²) in [6, 6.07) is 0. The fourth-order valence-electron chi connectivity index (χ4n) is 8.60. The number of hydrogen-bond donors (Lipinski definition) is 3. The molecule has 4 aliphatic carbocycles. The first-order valence-corrected chi connectivity index (χ1v) is 12.8. The predicted octanol–water partition coefficient (Wildman–Crippen LogP) is 4.86. The molecule has 0 saturated heterocycles. The Bertz CT molecular complexity index is 740. The highest BCUT2D eigenvalue weighted by atomic mass is 16.5. The number of Topliss-reactive ketones (excluding diaryl/α,β-unsaturated/α-hetero) is 1. The molecule has 0 aromatic heterocycles. The summed E-state index contributed by atoms with van der Waals surface area (Å²) in [4.78, 5) is 13.5. The molecular weight excluding hydrogens is 388 g/mol. The standard InChI is InChI=1S/C27H44O4/c1-16(2)7-6-8-17(3)22-24(29)27(30,31)23-20-10-9-18-15-19(28)11-13-25(18,4)21(20)12-14-26(22,23)5/h9,16-17,19-23,28,30-31H,6-8,10-15H2,1-5H3/t17-,19+,20-,21+,22+,23+,25+,26-/m1/s1. The minimum Gasteiger partial charge on any atom is -0.393 e. The summed E-state index contributed by atoms with van der Waals surface area (Å²) in [7, 11) is 0. The van der Waals surface area contributed by atoms with E-state index in [4.69, 9.17) is 0 Å². The van der Waals surface area contributed by atoms with E-state index in [-0.39, 0.29) is 40.5 Å². The molecule has 4 rings (SSSR count). The van der Waals surface area contributed by atoms with Crippen molar-refractivity contribution in [3.05, 3.63) is 11.6 Å². The Morgan fingerprint density at radius 1 is 1.10 bits per heavy atom. The lowest BCUT2D eigenvalue weighted by atomic mass is 9.46. The molecule has 176 valence electrons. The van der Waals surface area contributed by atoms with E-state index in [0.717, 1.165) is 57.8 Å². The van der Waals surface area contributed by atoms with Crippen molar-refractivity contribution in [3.8, 4) is 0 Å². The maximum absolute atomic E-state index is 13.5. The molecule has 0 amide bonds. The van der Waals surface area contributed by atoms with Crippen molar-refractivity contribution in [2.45, 2.75) is 104 Å². The van der Waals surface area contributed by atoms with E-state index in [2.05, 4.69) is 40.7 Å². The smallest absolute Gasteiger partial charge is 0.228 e. The summed E-state index contributed by atoms with van der Waals surface area (Å²) in [5.41, 5.74) is 1.03. The zero-order valence-corrected chi connectivity index (χ0v) is 20.2. The number of aliphatic hydroxyl groups excluding tert-OH is 1. The largest absolute Gasteiger partial charge is 0.393 e. The molecule has 0 bridgehead atoms. The van der Waals surface area contributed by atoms with E-state index >= 15 is 0 Å². The van der Waals surface area contributed by atoms with Crippen molar-refractivity contribution in [1.29, 1.82) is 0 Å². The average Bonchev–Trinajstić information content (AvgIpc) is 2.84. The van der Waals surface area contributed by atoms with Crippen LogP contribution in [0.1, 0.15) is 92.4 Å². The molecule has 31 heavy (non-hydrogen) atoms. The Kier molecular flexibility index (Phi) is 6.02.